The van der Waals surface area contributed by atoms with Crippen molar-refractivity contribution in [3.05, 3.63) is 0 Å². The van der Waals surface area contributed by atoms with Gasteiger partial charge in [0.05, 0.1) is 12.2 Å². The molecule has 33 heavy (non-hydrogen) atoms. The van der Waals surface area contributed by atoms with Crippen molar-refractivity contribution in [1.29, 1.82) is 0 Å². The van der Waals surface area contributed by atoms with Gasteiger partial charge in [-0.15, -0.1) is 0 Å². The van der Waals surface area contributed by atoms with E-state index in [-0.39, 0.29) is 51.8 Å². The second kappa shape index (κ2) is 7.22. The Bertz CT molecular complexity index is 789. The van der Waals surface area contributed by atoms with Crippen LogP contribution in [0.1, 0.15) is 113 Å². The number of aliphatic hydroxyl groups is 3. The van der Waals surface area contributed by atoms with Crippen molar-refractivity contribution in [2.75, 3.05) is 6.61 Å². The molecule has 190 valence electrons. The van der Waals surface area contributed by atoms with Crippen LogP contribution in [0.3, 0.4) is 0 Å². The van der Waals surface area contributed by atoms with Crippen molar-refractivity contribution in [2.45, 2.75) is 125 Å². The van der Waals surface area contributed by atoms with E-state index in [4.69, 9.17) is 0 Å². The number of fused-ring (bicyclic) bond motifs is 7. The van der Waals surface area contributed by atoms with E-state index in [1.54, 1.807) is 0 Å². The normalized spacial score (nSPS) is 57.3. The molecule has 0 aliphatic heterocycles. The van der Waals surface area contributed by atoms with Gasteiger partial charge in [-0.25, -0.2) is 0 Å². The van der Waals surface area contributed by atoms with Crippen molar-refractivity contribution in [2.24, 2.45) is 56.2 Å². The maximum atomic E-state index is 11.8. The zero-order valence-corrected chi connectivity index (χ0v) is 22.6. The van der Waals surface area contributed by atoms with Gasteiger partial charge in [-0.3, -0.25) is 0 Å². The van der Waals surface area contributed by atoms with Crippen LogP contribution in [-0.2, 0) is 0 Å². The van der Waals surface area contributed by atoms with Crippen LogP contribution in [0.15, 0.2) is 0 Å². The van der Waals surface area contributed by atoms with Crippen LogP contribution in [0, 0.1) is 56.2 Å². The third-order valence-corrected chi connectivity index (χ3v) is 13.9. The summed E-state index contributed by atoms with van der Waals surface area (Å²) in [5, 5.41) is 33.3. The van der Waals surface area contributed by atoms with E-state index in [1.807, 2.05) is 0 Å². The van der Waals surface area contributed by atoms with Crippen molar-refractivity contribution < 1.29 is 15.3 Å². The summed E-state index contributed by atoms with van der Waals surface area (Å²) < 4.78 is 0. The van der Waals surface area contributed by atoms with Gasteiger partial charge in [0.2, 0.25) is 0 Å². The van der Waals surface area contributed by atoms with Gasteiger partial charge < -0.3 is 15.3 Å². The molecule has 5 rings (SSSR count). The Kier molecular flexibility index (Phi) is 5.38. The summed E-state index contributed by atoms with van der Waals surface area (Å²) in [6, 6.07) is 0. The van der Waals surface area contributed by atoms with Gasteiger partial charge in [-0.1, -0.05) is 48.5 Å². The lowest BCUT2D eigenvalue weighted by Crippen LogP contribution is -2.69. The Labute approximate surface area is 203 Å². The van der Waals surface area contributed by atoms with Crippen LogP contribution < -0.4 is 0 Å². The number of aliphatic hydroxyl groups excluding tert-OH is 3. The molecule has 3 heteroatoms. The standard InChI is InChI=1S/C30H52O3/c1-25(2)14-16-30(18-31)17-15-28(6)19(23(30)24(25)33)8-9-21-27(5)12-11-22(32)26(3,4)20(27)10-13-29(21,28)7/h19-24,31-33H,8-18H2,1-7H3/t19-,20+,21-,22+,23+,24-,27+,28-,29-,30-/m1/s1. The molecule has 0 amide bonds. The minimum Gasteiger partial charge on any atom is -0.396 e. The first-order valence-corrected chi connectivity index (χ1v) is 14.2. The number of rotatable bonds is 1. The maximum absolute atomic E-state index is 11.8. The summed E-state index contributed by atoms with van der Waals surface area (Å²) >= 11 is 0. The van der Waals surface area contributed by atoms with E-state index >= 15 is 0 Å². The smallest absolute Gasteiger partial charge is 0.0628 e. The van der Waals surface area contributed by atoms with Gasteiger partial charge in [0, 0.05) is 6.61 Å². The fourth-order valence-electron chi connectivity index (χ4n) is 11.4. The molecule has 0 aromatic heterocycles. The summed E-state index contributed by atoms with van der Waals surface area (Å²) in [7, 11) is 0. The molecule has 0 heterocycles. The zero-order chi connectivity index (χ0) is 24.2. The van der Waals surface area contributed by atoms with Crippen LogP contribution in [0.4, 0.5) is 0 Å². The molecule has 5 aliphatic rings. The topological polar surface area (TPSA) is 60.7 Å². The third-order valence-electron chi connectivity index (χ3n) is 13.9. The van der Waals surface area contributed by atoms with E-state index in [2.05, 4.69) is 48.5 Å². The number of hydrogen-bond donors (Lipinski definition) is 3. The monoisotopic (exact) mass is 460 g/mol. The van der Waals surface area contributed by atoms with E-state index < -0.39 is 0 Å². The lowest BCUT2D eigenvalue weighted by Gasteiger charge is -2.74. The Hall–Kier alpha value is -0.120. The van der Waals surface area contributed by atoms with Crippen LogP contribution in [0.25, 0.3) is 0 Å². The minimum atomic E-state index is -0.320. The van der Waals surface area contributed by atoms with Crippen LogP contribution in [-0.4, -0.2) is 34.1 Å². The molecule has 5 saturated carbocycles. The predicted octanol–water partition coefficient (Wildman–Crippen LogP) is 6.19. The first-order valence-electron chi connectivity index (χ1n) is 14.2. The van der Waals surface area contributed by atoms with Crippen molar-refractivity contribution >= 4 is 0 Å². The molecule has 3 nitrogen and oxygen atoms in total. The molecule has 5 aliphatic carbocycles. The SMILES string of the molecule is CC1(C)CC[C@]2(CO)CC[C@]3(C)[C@H](CC[C@@H]4[C@@]5(C)CC[C@H](O)C(C)(C)[C@@H]5CC[C@]43C)[C@H]2[C@H]1O. The molecular weight excluding hydrogens is 408 g/mol. The van der Waals surface area contributed by atoms with Crippen molar-refractivity contribution in [1.82, 2.24) is 0 Å². The fraction of sp³-hybridized carbons (Fsp3) is 1.00. The highest BCUT2D eigenvalue weighted by Crippen LogP contribution is 2.76. The first kappa shape index (κ1) is 24.6. The van der Waals surface area contributed by atoms with Gasteiger partial charge in [-0.2, -0.15) is 0 Å². The summed E-state index contributed by atoms with van der Waals surface area (Å²) in [6.45, 7) is 17.2. The van der Waals surface area contributed by atoms with Gasteiger partial charge >= 0.3 is 0 Å². The Morgan fingerprint density at radius 2 is 1.33 bits per heavy atom. The molecule has 0 bridgehead atoms. The summed E-state index contributed by atoms with van der Waals surface area (Å²) in [4.78, 5) is 0. The summed E-state index contributed by atoms with van der Waals surface area (Å²) in [5.41, 5.74) is 0.616. The average molecular weight is 461 g/mol. The molecule has 0 radical (unpaired) electrons. The maximum Gasteiger partial charge on any atom is 0.0628 e. The average Bonchev–Trinajstić information content (AvgIpc) is 2.74. The lowest BCUT2D eigenvalue weighted by atomic mass is 9.31. The predicted molar refractivity (Wildman–Crippen MR) is 134 cm³/mol. The molecule has 10 atom stereocenters. The second-order valence-corrected chi connectivity index (χ2v) is 15.5. The van der Waals surface area contributed by atoms with Crippen molar-refractivity contribution in [3.8, 4) is 0 Å². The van der Waals surface area contributed by atoms with Crippen LogP contribution in [0.2, 0.25) is 0 Å². The summed E-state index contributed by atoms with van der Waals surface area (Å²) in [6.07, 6.45) is 10.9. The Balaban J connectivity index is 1.55. The first-order chi connectivity index (χ1) is 15.2. The molecule has 0 spiro atoms. The Morgan fingerprint density at radius 1 is 0.667 bits per heavy atom. The Morgan fingerprint density at radius 3 is 2.00 bits per heavy atom. The van der Waals surface area contributed by atoms with Crippen LogP contribution >= 0.6 is 0 Å². The van der Waals surface area contributed by atoms with Gasteiger partial charge in [-0.05, 0) is 120 Å². The zero-order valence-electron chi connectivity index (χ0n) is 22.6. The van der Waals surface area contributed by atoms with Gasteiger partial charge in [0.15, 0.2) is 0 Å². The van der Waals surface area contributed by atoms with Crippen LogP contribution in [0.5, 0.6) is 0 Å². The molecule has 3 N–H and O–H groups in total. The van der Waals surface area contributed by atoms with E-state index in [0.29, 0.717) is 23.2 Å². The highest BCUT2D eigenvalue weighted by Gasteiger charge is 2.71. The number of hydrogen-bond acceptors (Lipinski definition) is 3. The highest BCUT2D eigenvalue weighted by molar-refractivity contribution is 5.19. The fourth-order valence-corrected chi connectivity index (χ4v) is 11.4. The second-order valence-electron chi connectivity index (χ2n) is 15.5. The molecule has 0 unspecified atom stereocenters. The molecule has 0 saturated heterocycles. The third kappa shape index (κ3) is 2.91. The van der Waals surface area contributed by atoms with E-state index in [0.717, 1.165) is 32.1 Å². The van der Waals surface area contributed by atoms with E-state index in [1.165, 1.54) is 32.1 Å². The van der Waals surface area contributed by atoms with Gasteiger partial charge in [0.25, 0.3) is 0 Å². The minimum absolute atomic E-state index is 0.00568. The largest absolute Gasteiger partial charge is 0.396 e. The molecule has 0 aromatic rings. The lowest BCUT2D eigenvalue weighted by molar-refractivity contribution is -0.272. The molecule has 5 fully saturated rings. The van der Waals surface area contributed by atoms with E-state index in [9.17, 15) is 15.3 Å². The quantitative estimate of drug-likeness (QED) is 0.437. The van der Waals surface area contributed by atoms with Crippen molar-refractivity contribution in [3.63, 3.8) is 0 Å². The highest BCUT2D eigenvalue weighted by atomic mass is 16.3. The molecule has 0 aromatic carbocycles. The van der Waals surface area contributed by atoms with Gasteiger partial charge in [0.1, 0.15) is 0 Å². The molecular formula is C30H52O3. The summed E-state index contributed by atoms with van der Waals surface area (Å²) in [5.74, 6) is 1.99.